The van der Waals surface area contributed by atoms with E-state index in [-0.39, 0.29) is 19.2 Å². The molecule has 3 aromatic carbocycles. The maximum Gasteiger partial charge on any atom is 0.143 e. The molecule has 36 heavy (non-hydrogen) atoms. The lowest BCUT2D eigenvalue weighted by molar-refractivity contribution is -0.0242. The van der Waals surface area contributed by atoms with Crippen LogP contribution < -0.4 is 10.1 Å². The van der Waals surface area contributed by atoms with Gasteiger partial charge in [-0.3, -0.25) is 0 Å². The van der Waals surface area contributed by atoms with Gasteiger partial charge in [-0.1, -0.05) is 83.9 Å². The van der Waals surface area contributed by atoms with Gasteiger partial charge in [0.25, 0.3) is 0 Å². The Balaban J connectivity index is 1.37. The number of rotatable bonds is 11. The van der Waals surface area contributed by atoms with Gasteiger partial charge in [0.2, 0.25) is 0 Å². The molecule has 0 amide bonds. The fourth-order valence-electron chi connectivity index (χ4n) is 3.83. The summed E-state index contributed by atoms with van der Waals surface area (Å²) >= 11 is 12.5. The third kappa shape index (κ3) is 7.21. The normalized spacial score (nSPS) is 14.0. The van der Waals surface area contributed by atoms with E-state index in [0.717, 1.165) is 12.1 Å². The maximum atomic E-state index is 11.6. The summed E-state index contributed by atoms with van der Waals surface area (Å²) in [4.78, 5) is 4.07. The highest BCUT2D eigenvalue weighted by Gasteiger charge is 2.33. The summed E-state index contributed by atoms with van der Waals surface area (Å²) < 4.78 is 7.81. The zero-order valence-electron chi connectivity index (χ0n) is 20.0. The van der Waals surface area contributed by atoms with Gasteiger partial charge in [0.15, 0.2) is 0 Å². The molecule has 0 bridgehead atoms. The molecule has 0 aliphatic heterocycles. The Morgan fingerprint density at radius 1 is 1.08 bits per heavy atom. The molecule has 7 heteroatoms. The molecule has 0 radical (unpaired) electrons. The van der Waals surface area contributed by atoms with Gasteiger partial charge in [0, 0.05) is 40.6 Å². The van der Waals surface area contributed by atoms with Crippen LogP contribution in [0.15, 0.2) is 97.6 Å². The van der Waals surface area contributed by atoms with Crippen LogP contribution in [0.3, 0.4) is 0 Å². The predicted octanol–water partition coefficient (Wildman–Crippen LogP) is 6.35. The third-order valence-electron chi connectivity index (χ3n) is 5.84. The summed E-state index contributed by atoms with van der Waals surface area (Å²) in [6.45, 7) is 3.08. The van der Waals surface area contributed by atoms with Gasteiger partial charge in [-0.2, -0.15) is 0 Å². The second-order valence-electron chi connectivity index (χ2n) is 8.76. The van der Waals surface area contributed by atoms with Gasteiger partial charge in [-0.05, 0) is 42.3 Å². The van der Waals surface area contributed by atoms with Crippen molar-refractivity contribution in [3.8, 4) is 5.75 Å². The van der Waals surface area contributed by atoms with Crippen molar-refractivity contribution in [2.45, 2.75) is 31.7 Å². The van der Waals surface area contributed by atoms with Crippen molar-refractivity contribution in [3.63, 3.8) is 0 Å². The number of hydrogen-bond acceptors (Lipinski definition) is 4. The van der Waals surface area contributed by atoms with E-state index in [1.807, 2.05) is 42.5 Å². The molecule has 1 heterocycles. The lowest BCUT2D eigenvalue weighted by Gasteiger charge is -2.30. The second kappa shape index (κ2) is 12.2. The van der Waals surface area contributed by atoms with Gasteiger partial charge < -0.3 is 19.7 Å². The molecule has 0 saturated carbocycles. The van der Waals surface area contributed by atoms with E-state index in [2.05, 4.69) is 41.5 Å². The first kappa shape index (κ1) is 26.0. The molecular formula is C29H29Cl2N3O2. The van der Waals surface area contributed by atoms with Crippen LogP contribution in [0.5, 0.6) is 5.75 Å². The molecule has 1 aromatic heterocycles. The first-order chi connectivity index (χ1) is 17.4. The van der Waals surface area contributed by atoms with Crippen LogP contribution in [0, 0.1) is 0 Å². The van der Waals surface area contributed by atoms with Crippen molar-refractivity contribution in [2.75, 3.05) is 6.61 Å². The van der Waals surface area contributed by atoms with E-state index >= 15 is 0 Å². The van der Waals surface area contributed by atoms with Crippen LogP contribution in [0.25, 0.3) is 6.08 Å². The largest absolute Gasteiger partial charge is 0.490 e. The minimum Gasteiger partial charge on any atom is -0.490 e. The van der Waals surface area contributed by atoms with Gasteiger partial charge in [0.05, 0.1) is 12.9 Å². The molecule has 2 unspecified atom stereocenters. The van der Waals surface area contributed by atoms with Crippen LogP contribution in [-0.2, 0) is 18.7 Å². The Morgan fingerprint density at radius 2 is 1.86 bits per heavy atom. The molecule has 4 aromatic rings. The van der Waals surface area contributed by atoms with E-state index < -0.39 is 5.60 Å². The molecule has 0 fully saturated rings. The summed E-state index contributed by atoms with van der Waals surface area (Å²) in [6, 6.07) is 23.4. The molecule has 186 valence electrons. The Hall–Kier alpha value is -3.09. The fourth-order valence-corrected chi connectivity index (χ4v) is 4.41. The van der Waals surface area contributed by atoms with E-state index in [1.54, 1.807) is 41.5 Å². The zero-order chi connectivity index (χ0) is 25.4. The Kier molecular flexibility index (Phi) is 8.83. The van der Waals surface area contributed by atoms with Crippen molar-refractivity contribution in [3.05, 3.63) is 124 Å². The monoisotopic (exact) mass is 521 g/mol. The number of nitrogens with one attached hydrogen (secondary N) is 1. The number of hydrogen-bond donors (Lipinski definition) is 2. The number of aromatic nitrogens is 2. The molecule has 4 rings (SSSR count). The van der Waals surface area contributed by atoms with Crippen molar-refractivity contribution in [2.24, 2.45) is 0 Å². The lowest BCUT2D eigenvalue weighted by Crippen LogP contribution is -2.38. The number of imidazole rings is 1. The topological polar surface area (TPSA) is 59.3 Å². The Morgan fingerprint density at radius 3 is 2.56 bits per heavy atom. The molecular weight excluding hydrogens is 493 g/mol. The maximum absolute atomic E-state index is 11.6. The Bertz CT molecular complexity index is 1260. The van der Waals surface area contributed by atoms with Gasteiger partial charge in [0.1, 0.15) is 18.0 Å². The van der Waals surface area contributed by atoms with Crippen LogP contribution in [0.2, 0.25) is 10.0 Å². The van der Waals surface area contributed by atoms with Gasteiger partial charge in [-0.25, -0.2) is 4.98 Å². The van der Waals surface area contributed by atoms with E-state index in [9.17, 15) is 5.11 Å². The summed E-state index contributed by atoms with van der Waals surface area (Å²) in [6.07, 6.45) is 9.36. The van der Waals surface area contributed by atoms with E-state index in [4.69, 9.17) is 27.9 Å². The smallest absolute Gasteiger partial charge is 0.143 e. The average Bonchev–Trinajstić information content (AvgIpc) is 3.39. The van der Waals surface area contributed by atoms with Crippen LogP contribution in [-0.4, -0.2) is 27.3 Å². The van der Waals surface area contributed by atoms with Gasteiger partial charge in [-0.15, -0.1) is 0 Å². The van der Waals surface area contributed by atoms with Crippen LogP contribution in [0.1, 0.15) is 23.6 Å². The highest BCUT2D eigenvalue weighted by atomic mass is 35.5. The van der Waals surface area contributed by atoms with Crippen LogP contribution in [0.4, 0.5) is 0 Å². The third-order valence-corrected chi connectivity index (χ3v) is 6.39. The van der Waals surface area contributed by atoms with E-state index in [0.29, 0.717) is 21.4 Å². The second-order valence-corrected chi connectivity index (χ2v) is 9.61. The van der Waals surface area contributed by atoms with Crippen molar-refractivity contribution in [1.82, 2.24) is 14.9 Å². The number of benzene rings is 3. The number of halogens is 2. The summed E-state index contributed by atoms with van der Waals surface area (Å²) in [5, 5.41) is 16.0. The first-order valence-corrected chi connectivity index (χ1v) is 12.5. The molecule has 0 aliphatic carbocycles. The average molecular weight is 522 g/mol. The molecule has 0 saturated heterocycles. The van der Waals surface area contributed by atoms with Crippen molar-refractivity contribution < 1.29 is 9.84 Å². The molecule has 5 nitrogen and oxygen atoms in total. The lowest BCUT2D eigenvalue weighted by atomic mass is 9.94. The number of nitrogens with zero attached hydrogens (tertiary/aromatic N) is 2. The molecule has 0 aliphatic rings. The molecule has 0 spiro atoms. The zero-order valence-corrected chi connectivity index (χ0v) is 21.5. The Labute approximate surface area is 222 Å². The van der Waals surface area contributed by atoms with Crippen molar-refractivity contribution >= 4 is 29.3 Å². The SMILES string of the molecule is CC(C=Cc1ccccc1)NCc1ccc(OCC(O)(Cn2ccnc2)c2ccc(Cl)cc2Cl)cc1. The fraction of sp³-hybridized carbons (Fsp3) is 0.207. The molecule has 2 N–H and O–H groups in total. The summed E-state index contributed by atoms with van der Waals surface area (Å²) in [7, 11) is 0. The number of aliphatic hydroxyl groups is 1. The predicted molar refractivity (Wildman–Crippen MR) is 146 cm³/mol. The minimum absolute atomic E-state index is 0.00540. The van der Waals surface area contributed by atoms with E-state index in [1.165, 1.54) is 5.56 Å². The van der Waals surface area contributed by atoms with Crippen molar-refractivity contribution in [1.29, 1.82) is 0 Å². The standard InChI is InChI=1S/C29H29Cl2N3O2/c1-22(7-8-23-5-3-2-4-6-23)33-18-24-9-12-26(13-10-24)36-20-29(35,19-34-16-15-32-21-34)27-14-11-25(30)17-28(27)31/h2-17,21-22,33,35H,18-20H2,1H3. The highest BCUT2D eigenvalue weighted by Crippen LogP contribution is 2.33. The first-order valence-electron chi connectivity index (χ1n) is 11.7. The van der Waals surface area contributed by atoms with Gasteiger partial charge >= 0.3 is 0 Å². The minimum atomic E-state index is -1.39. The molecule has 2 atom stereocenters. The van der Waals surface area contributed by atoms with Crippen LogP contribution >= 0.6 is 23.2 Å². The highest BCUT2D eigenvalue weighted by molar-refractivity contribution is 6.35. The number of ether oxygens (including phenoxy) is 1. The summed E-state index contributed by atoms with van der Waals surface area (Å²) in [5.41, 5.74) is 1.47. The summed E-state index contributed by atoms with van der Waals surface area (Å²) in [5.74, 6) is 0.657. The quantitative estimate of drug-likeness (QED) is 0.241.